The molecule has 0 saturated carbocycles. The van der Waals surface area contributed by atoms with Crippen LogP contribution < -0.4 is 10.1 Å². The Hall–Kier alpha value is -1.84. The normalized spacial score (nSPS) is 14.9. The van der Waals surface area contributed by atoms with Crippen molar-refractivity contribution in [3.63, 3.8) is 0 Å². The quantitative estimate of drug-likeness (QED) is 0.784. The molecule has 4 rings (SSSR count). The van der Waals surface area contributed by atoms with Gasteiger partial charge in [-0.05, 0) is 35.0 Å². The molecule has 21 heavy (non-hydrogen) atoms. The number of rotatable bonds is 3. The third kappa shape index (κ3) is 2.04. The van der Waals surface area contributed by atoms with E-state index < -0.39 is 0 Å². The van der Waals surface area contributed by atoms with Crippen LogP contribution in [0.5, 0.6) is 5.75 Å². The molecule has 1 unspecified atom stereocenters. The van der Waals surface area contributed by atoms with Gasteiger partial charge in [-0.25, -0.2) is 0 Å². The summed E-state index contributed by atoms with van der Waals surface area (Å²) >= 11 is 1.80. The fourth-order valence-corrected chi connectivity index (χ4v) is 4.16. The van der Waals surface area contributed by atoms with Crippen molar-refractivity contribution in [2.45, 2.75) is 12.5 Å². The van der Waals surface area contributed by atoms with Crippen molar-refractivity contribution in [3.05, 3.63) is 64.5 Å². The van der Waals surface area contributed by atoms with E-state index in [2.05, 4.69) is 53.2 Å². The van der Waals surface area contributed by atoms with Gasteiger partial charge in [-0.3, -0.25) is 0 Å². The molecule has 2 aromatic carbocycles. The van der Waals surface area contributed by atoms with Crippen LogP contribution in [-0.4, -0.2) is 13.7 Å². The van der Waals surface area contributed by atoms with Gasteiger partial charge >= 0.3 is 0 Å². The number of fused-ring (bicyclic) bond motifs is 2. The predicted molar refractivity (Wildman–Crippen MR) is 88.4 cm³/mol. The monoisotopic (exact) mass is 295 g/mol. The Morgan fingerprint density at radius 2 is 2.00 bits per heavy atom. The molecule has 2 nitrogen and oxygen atoms in total. The van der Waals surface area contributed by atoms with E-state index in [0.717, 1.165) is 18.8 Å². The average molecular weight is 295 g/mol. The van der Waals surface area contributed by atoms with Crippen molar-refractivity contribution in [3.8, 4) is 5.75 Å². The van der Waals surface area contributed by atoms with Gasteiger partial charge in [-0.2, -0.15) is 0 Å². The lowest BCUT2D eigenvalue weighted by Crippen LogP contribution is -2.18. The third-order valence-electron chi connectivity index (χ3n) is 4.17. The Morgan fingerprint density at radius 3 is 2.90 bits per heavy atom. The van der Waals surface area contributed by atoms with Crippen LogP contribution in [-0.2, 0) is 6.42 Å². The fraction of sp³-hybridized carbons (Fsp3) is 0.222. The Bertz CT molecular complexity index is 793. The second-order valence-corrected chi connectivity index (χ2v) is 6.25. The van der Waals surface area contributed by atoms with Crippen LogP contribution in [0.3, 0.4) is 0 Å². The van der Waals surface area contributed by atoms with Crippen molar-refractivity contribution in [2.24, 2.45) is 0 Å². The number of nitrogens with one attached hydrogen (secondary N) is 1. The van der Waals surface area contributed by atoms with Gasteiger partial charge in [0.1, 0.15) is 5.75 Å². The van der Waals surface area contributed by atoms with Gasteiger partial charge < -0.3 is 10.1 Å². The molecular formula is C18H17NOS. The maximum Gasteiger partial charge on any atom is 0.127 e. The van der Waals surface area contributed by atoms with Crippen molar-refractivity contribution in [1.82, 2.24) is 5.32 Å². The molecule has 2 heterocycles. The second kappa shape index (κ2) is 5.17. The Kier molecular flexibility index (Phi) is 3.17. The summed E-state index contributed by atoms with van der Waals surface area (Å²) in [5.74, 6) is 1.08. The number of hydrogen-bond donors (Lipinski definition) is 1. The Morgan fingerprint density at radius 1 is 1.10 bits per heavy atom. The lowest BCUT2D eigenvalue weighted by molar-refractivity contribution is 0.351. The van der Waals surface area contributed by atoms with Crippen molar-refractivity contribution in [2.75, 3.05) is 13.7 Å². The lowest BCUT2D eigenvalue weighted by atomic mass is 9.95. The van der Waals surface area contributed by atoms with Crippen molar-refractivity contribution in [1.29, 1.82) is 0 Å². The standard InChI is InChI=1S/C18H17NOS/c1-19-17(14-7-4-5-12-9-10-20-18(12)14)15-11-21-16-8-3-2-6-13(15)16/h2-8,11,17,19H,9-10H2,1H3. The number of para-hydroxylation sites is 1. The summed E-state index contributed by atoms with van der Waals surface area (Å²) in [4.78, 5) is 0. The molecule has 0 amide bonds. The zero-order valence-electron chi connectivity index (χ0n) is 11.9. The summed E-state index contributed by atoms with van der Waals surface area (Å²) in [6, 6.07) is 15.3. The van der Waals surface area contributed by atoms with Gasteiger partial charge in [0.05, 0.1) is 12.6 Å². The number of hydrogen-bond acceptors (Lipinski definition) is 3. The summed E-state index contributed by atoms with van der Waals surface area (Å²) in [5.41, 5.74) is 3.91. The molecule has 3 aromatic rings. The molecule has 106 valence electrons. The van der Waals surface area contributed by atoms with E-state index in [4.69, 9.17) is 4.74 Å². The van der Waals surface area contributed by atoms with Gasteiger partial charge in [0.2, 0.25) is 0 Å². The molecule has 0 aliphatic carbocycles. The predicted octanol–water partition coefficient (Wildman–Crippen LogP) is 4.15. The molecule has 0 radical (unpaired) electrons. The lowest BCUT2D eigenvalue weighted by Gasteiger charge is -2.19. The van der Waals surface area contributed by atoms with E-state index in [0.29, 0.717) is 0 Å². The van der Waals surface area contributed by atoms with Crippen LogP contribution in [0.15, 0.2) is 47.8 Å². The maximum atomic E-state index is 5.89. The molecular weight excluding hydrogens is 278 g/mol. The molecule has 0 saturated heterocycles. The van der Waals surface area contributed by atoms with Crippen LogP contribution in [0, 0.1) is 0 Å². The average Bonchev–Trinajstić information content (AvgIpc) is 3.15. The Balaban J connectivity index is 1.88. The summed E-state index contributed by atoms with van der Waals surface area (Å²) in [6.45, 7) is 0.799. The van der Waals surface area contributed by atoms with Gasteiger partial charge in [0.15, 0.2) is 0 Å². The first kappa shape index (κ1) is 12.9. The van der Waals surface area contributed by atoms with Crippen LogP contribution in [0.4, 0.5) is 0 Å². The number of benzene rings is 2. The highest BCUT2D eigenvalue weighted by Gasteiger charge is 2.24. The van der Waals surface area contributed by atoms with E-state index >= 15 is 0 Å². The van der Waals surface area contributed by atoms with E-state index in [9.17, 15) is 0 Å². The highest BCUT2D eigenvalue weighted by Crippen LogP contribution is 2.39. The molecule has 0 fully saturated rings. The van der Waals surface area contributed by atoms with Gasteiger partial charge in [0.25, 0.3) is 0 Å². The summed E-state index contributed by atoms with van der Waals surface area (Å²) in [6.07, 6.45) is 1.02. The van der Waals surface area contributed by atoms with Crippen LogP contribution in [0.1, 0.15) is 22.7 Å². The second-order valence-electron chi connectivity index (χ2n) is 5.34. The van der Waals surface area contributed by atoms with Crippen molar-refractivity contribution < 1.29 is 4.74 Å². The van der Waals surface area contributed by atoms with Gasteiger partial charge in [0, 0.05) is 16.7 Å². The molecule has 0 bridgehead atoms. The van der Waals surface area contributed by atoms with E-state index in [1.807, 2.05) is 7.05 Å². The first-order chi connectivity index (χ1) is 10.4. The highest BCUT2D eigenvalue weighted by molar-refractivity contribution is 7.17. The first-order valence-electron chi connectivity index (χ1n) is 7.26. The first-order valence-corrected chi connectivity index (χ1v) is 8.14. The van der Waals surface area contributed by atoms with Crippen LogP contribution in [0.2, 0.25) is 0 Å². The summed E-state index contributed by atoms with van der Waals surface area (Å²) in [7, 11) is 2.02. The molecule has 1 N–H and O–H groups in total. The van der Waals surface area contributed by atoms with Gasteiger partial charge in [-0.15, -0.1) is 11.3 Å². The molecule has 1 atom stereocenters. The van der Waals surface area contributed by atoms with Crippen molar-refractivity contribution >= 4 is 21.4 Å². The summed E-state index contributed by atoms with van der Waals surface area (Å²) in [5, 5.41) is 7.06. The molecule has 1 aliphatic rings. The van der Waals surface area contributed by atoms with E-state index in [1.165, 1.54) is 26.8 Å². The molecule has 1 aliphatic heterocycles. The molecule has 0 spiro atoms. The molecule has 1 aromatic heterocycles. The minimum absolute atomic E-state index is 0.175. The number of ether oxygens (including phenoxy) is 1. The largest absolute Gasteiger partial charge is 0.493 e. The minimum Gasteiger partial charge on any atom is -0.493 e. The zero-order chi connectivity index (χ0) is 14.2. The smallest absolute Gasteiger partial charge is 0.127 e. The van der Waals surface area contributed by atoms with E-state index in [1.54, 1.807) is 11.3 Å². The van der Waals surface area contributed by atoms with Crippen LogP contribution in [0.25, 0.3) is 10.1 Å². The topological polar surface area (TPSA) is 21.3 Å². The van der Waals surface area contributed by atoms with Crippen LogP contribution >= 0.6 is 11.3 Å². The maximum absolute atomic E-state index is 5.89. The highest BCUT2D eigenvalue weighted by atomic mass is 32.1. The van der Waals surface area contributed by atoms with E-state index in [-0.39, 0.29) is 6.04 Å². The van der Waals surface area contributed by atoms with Gasteiger partial charge in [-0.1, -0.05) is 36.4 Å². The SMILES string of the molecule is CNC(c1cccc2c1OCC2)c1csc2ccccc12. The summed E-state index contributed by atoms with van der Waals surface area (Å²) < 4.78 is 7.22. The third-order valence-corrected chi connectivity index (χ3v) is 5.15. The fourth-order valence-electron chi connectivity index (χ4n) is 3.17. The zero-order valence-corrected chi connectivity index (χ0v) is 12.7. The Labute approximate surface area is 128 Å². The number of thiophene rings is 1. The minimum atomic E-state index is 0.175. The molecule has 3 heteroatoms.